The van der Waals surface area contributed by atoms with Gasteiger partial charge in [0.15, 0.2) is 11.7 Å². The lowest BCUT2D eigenvalue weighted by Crippen LogP contribution is -2.19. The highest BCUT2D eigenvalue weighted by atomic mass is 32.1. The molecular weight excluding hydrogens is 446 g/mol. The molecule has 1 unspecified atom stereocenters. The molecule has 5 nitrogen and oxygen atoms in total. The number of thiophene rings is 3. The molecule has 4 aromatic heterocycles. The Balaban J connectivity index is 1.44. The number of ketones is 1. The molecule has 31 heavy (non-hydrogen) atoms. The van der Waals surface area contributed by atoms with E-state index in [9.17, 15) is 14.9 Å². The highest BCUT2D eigenvalue weighted by Gasteiger charge is 2.28. The number of fused-ring (bicyclic) bond motifs is 6. The maximum absolute atomic E-state index is 13.3. The first kappa shape index (κ1) is 18.9. The van der Waals surface area contributed by atoms with Gasteiger partial charge < -0.3 is 4.98 Å². The highest BCUT2D eigenvalue weighted by molar-refractivity contribution is 7.33. The highest BCUT2D eigenvalue weighted by Crippen LogP contribution is 2.40. The van der Waals surface area contributed by atoms with Crippen molar-refractivity contribution in [2.45, 2.75) is 31.6 Å². The number of H-pyrrole nitrogens is 1. The number of nitrogens with one attached hydrogen (secondary N) is 1. The number of aryl methyl sites for hydroxylation is 2. The molecular formula is C23H15N3O2S3. The summed E-state index contributed by atoms with van der Waals surface area (Å²) in [4.78, 5) is 35.8. The van der Waals surface area contributed by atoms with E-state index in [0.29, 0.717) is 15.1 Å². The molecule has 0 bridgehead atoms. The summed E-state index contributed by atoms with van der Waals surface area (Å²) >= 11 is 4.56. The van der Waals surface area contributed by atoms with E-state index >= 15 is 0 Å². The second-order valence-electron chi connectivity index (χ2n) is 7.67. The lowest BCUT2D eigenvalue weighted by atomic mass is 9.97. The quantitative estimate of drug-likeness (QED) is 0.345. The van der Waals surface area contributed by atoms with Gasteiger partial charge in [-0.3, -0.25) is 9.59 Å². The zero-order valence-corrected chi connectivity index (χ0v) is 18.7. The van der Waals surface area contributed by atoms with Gasteiger partial charge in [-0.2, -0.15) is 5.26 Å². The molecule has 1 aliphatic rings. The summed E-state index contributed by atoms with van der Waals surface area (Å²) in [5.74, 6) is -1.30. The van der Waals surface area contributed by atoms with Gasteiger partial charge in [-0.05, 0) is 43.4 Å². The van der Waals surface area contributed by atoms with Crippen molar-refractivity contribution >= 4 is 69.5 Å². The SMILES string of the molecule is N#CC(C(=O)c1cc2sc3ccccc3c2s1)c1nc2sc3c(c2c(=O)[nH]1)CCCC3. The fourth-order valence-corrected chi connectivity index (χ4v) is 8.09. The van der Waals surface area contributed by atoms with Crippen LogP contribution in [0.25, 0.3) is 29.7 Å². The second-order valence-corrected chi connectivity index (χ2v) is 10.9. The van der Waals surface area contributed by atoms with Crippen molar-refractivity contribution in [2.24, 2.45) is 0 Å². The minimum absolute atomic E-state index is 0.144. The predicted octanol–water partition coefficient (Wildman–Crippen LogP) is 5.78. The van der Waals surface area contributed by atoms with Crippen LogP contribution in [0.2, 0.25) is 0 Å². The number of hydrogen-bond donors (Lipinski definition) is 1. The number of Topliss-reactive ketones (excluding diaryl/α,β-unsaturated/α-hetero) is 1. The van der Waals surface area contributed by atoms with Crippen molar-refractivity contribution in [3.8, 4) is 6.07 Å². The maximum Gasteiger partial charge on any atom is 0.259 e. The molecule has 5 aromatic rings. The minimum atomic E-state index is -1.13. The summed E-state index contributed by atoms with van der Waals surface area (Å²) in [7, 11) is 0. The third-order valence-electron chi connectivity index (χ3n) is 5.80. The summed E-state index contributed by atoms with van der Waals surface area (Å²) in [6, 6.07) is 12.0. The van der Waals surface area contributed by atoms with Crippen LogP contribution in [0.15, 0.2) is 35.1 Å². The van der Waals surface area contributed by atoms with Gasteiger partial charge >= 0.3 is 0 Å². The molecule has 152 valence electrons. The van der Waals surface area contributed by atoms with Crippen LogP contribution >= 0.6 is 34.0 Å². The smallest absolute Gasteiger partial charge is 0.259 e. The second kappa shape index (κ2) is 7.09. The average molecular weight is 462 g/mol. The lowest BCUT2D eigenvalue weighted by molar-refractivity contribution is 0.0980. The molecule has 0 saturated heterocycles. The zero-order chi connectivity index (χ0) is 21.1. The Kier molecular flexibility index (Phi) is 4.32. The summed E-state index contributed by atoms with van der Waals surface area (Å²) in [6.45, 7) is 0. The van der Waals surface area contributed by atoms with Gasteiger partial charge in [0.2, 0.25) is 0 Å². The third kappa shape index (κ3) is 2.88. The molecule has 0 spiro atoms. The maximum atomic E-state index is 13.3. The molecule has 0 radical (unpaired) electrons. The van der Waals surface area contributed by atoms with Crippen LogP contribution in [0.1, 0.15) is 44.7 Å². The van der Waals surface area contributed by atoms with Gasteiger partial charge in [0.25, 0.3) is 5.56 Å². The topological polar surface area (TPSA) is 86.6 Å². The Morgan fingerprint density at radius 3 is 2.84 bits per heavy atom. The van der Waals surface area contributed by atoms with Crippen molar-refractivity contribution in [1.29, 1.82) is 5.26 Å². The van der Waals surface area contributed by atoms with Gasteiger partial charge in [-0.1, -0.05) is 18.2 Å². The van der Waals surface area contributed by atoms with E-state index in [0.717, 1.165) is 46.0 Å². The van der Waals surface area contributed by atoms with Gasteiger partial charge in [0.1, 0.15) is 10.7 Å². The monoisotopic (exact) mass is 461 g/mol. The molecule has 6 rings (SSSR count). The fourth-order valence-electron chi connectivity index (χ4n) is 4.32. The van der Waals surface area contributed by atoms with Crippen LogP contribution in [0.3, 0.4) is 0 Å². The summed E-state index contributed by atoms with van der Waals surface area (Å²) in [6.07, 6.45) is 4.04. The molecule has 0 amide bonds. The number of carbonyl (C=O) groups is 1. The summed E-state index contributed by atoms with van der Waals surface area (Å²) < 4.78 is 3.27. The Morgan fingerprint density at radius 1 is 1.13 bits per heavy atom. The number of nitrogens with zero attached hydrogens (tertiary/aromatic N) is 2. The normalized spacial score (nSPS) is 14.7. The van der Waals surface area contributed by atoms with E-state index in [1.165, 1.54) is 32.3 Å². The summed E-state index contributed by atoms with van der Waals surface area (Å²) in [5.41, 5.74) is 0.849. The lowest BCUT2D eigenvalue weighted by Gasteiger charge is -2.10. The van der Waals surface area contributed by atoms with Crippen molar-refractivity contribution in [2.75, 3.05) is 0 Å². The standard InChI is InChI=1S/C23H15N3O2S3/c24-10-13(19(27)16-9-17-20(30-16)12-6-2-4-8-15(12)29-17)21-25-22(28)18-11-5-1-3-7-14(11)31-23(18)26-21/h2,4,6,8-9,13H,1,3,5,7H2,(H,25,26,28). The molecule has 8 heteroatoms. The van der Waals surface area contributed by atoms with Gasteiger partial charge in [0.05, 0.1) is 21.0 Å². The first-order chi connectivity index (χ1) is 15.1. The Labute approximate surface area is 188 Å². The van der Waals surface area contributed by atoms with Crippen molar-refractivity contribution in [3.63, 3.8) is 0 Å². The molecule has 0 fully saturated rings. The van der Waals surface area contributed by atoms with Crippen LogP contribution in [-0.4, -0.2) is 15.8 Å². The van der Waals surface area contributed by atoms with E-state index < -0.39 is 5.92 Å². The number of hydrogen-bond acceptors (Lipinski definition) is 7. The van der Waals surface area contributed by atoms with Crippen LogP contribution in [0, 0.1) is 11.3 Å². The van der Waals surface area contributed by atoms with Crippen LogP contribution < -0.4 is 5.56 Å². The Morgan fingerprint density at radius 2 is 1.97 bits per heavy atom. The van der Waals surface area contributed by atoms with E-state index in [-0.39, 0.29) is 17.2 Å². The zero-order valence-electron chi connectivity index (χ0n) is 16.2. The molecule has 4 heterocycles. The third-order valence-corrected chi connectivity index (χ3v) is 9.42. The molecule has 0 saturated carbocycles. The number of rotatable bonds is 3. The van der Waals surface area contributed by atoms with E-state index in [1.54, 1.807) is 11.3 Å². The van der Waals surface area contributed by atoms with Crippen molar-refractivity contribution in [3.05, 3.63) is 61.8 Å². The van der Waals surface area contributed by atoms with Crippen LogP contribution in [-0.2, 0) is 12.8 Å². The Bertz CT molecular complexity index is 1610. The van der Waals surface area contributed by atoms with E-state index in [1.807, 2.05) is 24.3 Å². The van der Waals surface area contributed by atoms with Gasteiger partial charge in [-0.25, -0.2) is 4.98 Å². The number of aromatic amines is 1. The molecule has 0 aliphatic heterocycles. The van der Waals surface area contributed by atoms with E-state index in [4.69, 9.17) is 0 Å². The van der Waals surface area contributed by atoms with Gasteiger partial charge in [-0.15, -0.1) is 34.0 Å². The number of aromatic nitrogens is 2. The largest absolute Gasteiger partial charge is 0.308 e. The predicted molar refractivity (Wildman–Crippen MR) is 127 cm³/mol. The Hall–Kier alpha value is -2.86. The van der Waals surface area contributed by atoms with Gasteiger partial charge in [0, 0.05) is 19.7 Å². The van der Waals surface area contributed by atoms with Crippen LogP contribution in [0.4, 0.5) is 0 Å². The molecule has 1 atom stereocenters. The number of nitriles is 1. The van der Waals surface area contributed by atoms with Crippen molar-refractivity contribution in [1.82, 2.24) is 9.97 Å². The molecule has 1 aromatic carbocycles. The minimum Gasteiger partial charge on any atom is -0.308 e. The summed E-state index contributed by atoms with van der Waals surface area (Å²) in [5, 5.41) is 11.6. The first-order valence-corrected chi connectivity index (χ1v) is 12.5. The number of benzene rings is 1. The average Bonchev–Trinajstić information content (AvgIpc) is 3.44. The van der Waals surface area contributed by atoms with Crippen LogP contribution in [0.5, 0.6) is 0 Å². The van der Waals surface area contributed by atoms with Crippen molar-refractivity contribution < 1.29 is 4.79 Å². The molecule has 1 aliphatic carbocycles. The number of carbonyl (C=O) groups excluding carboxylic acids is 1. The van der Waals surface area contributed by atoms with E-state index in [2.05, 4.69) is 22.1 Å². The fraction of sp³-hybridized carbons (Fsp3) is 0.217. The molecule has 1 N–H and O–H groups in total. The first-order valence-electron chi connectivity index (χ1n) is 10.0.